The van der Waals surface area contributed by atoms with E-state index in [1.165, 1.54) is 7.05 Å². The zero-order valence-corrected chi connectivity index (χ0v) is 9.32. The van der Waals surface area contributed by atoms with E-state index in [0.717, 1.165) is 0 Å². The molecule has 0 spiro atoms. The monoisotopic (exact) mass is 249 g/mol. The summed E-state index contributed by atoms with van der Waals surface area (Å²) in [6.07, 6.45) is 2.05. The van der Waals surface area contributed by atoms with Gasteiger partial charge in [0.25, 0.3) is 0 Å². The molecular formula is C5H4ClFN3Y-. The summed E-state index contributed by atoms with van der Waals surface area (Å²) >= 11 is 5.37. The van der Waals surface area contributed by atoms with Crippen molar-refractivity contribution >= 4 is 11.6 Å². The van der Waals surface area contributed by atoms with Gasteiger partial charge in [-0.25, -0.2) is 4.39 Å². The van der Waals surface area contributed by atoms with Crippen molar-refractivity contribution < 1.29 is 37.1 Å². The molecule has 0 saturated heterocycles. The Kier molecular flexibility index (Phi) is 5.05. The molecule has 1 heterocycles. The molecule has 1 radical (unpaired) electrons. The van der Waals surface area contributed by atoms with Gasteiger partial charge in [-0.3, -0.25) is 0 Å². The normalized spacial score (nSPS) is 11.0. The van der Waals surface area contributed by atoms with Crippen LogP contribution in [0.3, 0.4) is 0 Å². The second kappa shape index (κ2) is 4.96. The molecule has 0 fully saturated rings. The first-order chi connectivity index (χ1) is 4.74. The molecule has 0 amide bonds. The molecule has 1 aromatic rings. The molecule has 6 heteroatoms. The molecule has 0 unspecified atom stereocenters. The molecule has 1 rings (SSSR count). The molecule has 57 valence electrons. The third kappa shape index (κ3) is 2.97. The summed E-state index contributed by atoms with van der Waals surface area (Å²) < 4.78 is 12.5. The van der Waals surface area contributed by atoms with Gasteiger partial charge in [0.1, 0.15) is 0 Å². The van der Waals surface area contributed by atoms with Crippen LogP contribution < -0.4 is 5.49 Å². The molecule has 0 aliphatic rings. The Morgan fingerprint density at radius 2 is 2.36 bits per heavy atom. The largest absolute Gasteiger partial charge is 0.419 e. The number of nitrogens with one attached hydrogen (secondary N) is 1. The van der Waals surface area contributed by atoms with Crippen molar-refractivity contribution in [2.45, 2.75) is 0 Å². The van der Waals surface area contributed by atoms with Gasteiger partial charge in [0.15, 0.2) is 0 Å². The smallest absolute Gasteiger partial charge is 0.0864 e. The third-order valence-electron chi connectivity index (χ3n) is 0.905. The van der Waals surface area contributed by atoms with Crippen molar-refractivity contribution in [3.63, 3.8) is 0 Å². The summed E-state index contributed by atoms with van der Waals surface area (Å²) in [6, 6.07) is 0. The molecule has 0 aliphatic carbocycles. The van der Waals surface area contributed by atoms with Gasteiger partial charge in [-0.15, -0.1) is 11.6 Å². The molecule has 1 aromatic heterocycles. The maximum Gasteiger partial charge on any atom is 0.0864 e. The summed E-state index contributed by atoms with van der Waals surface area (Å²) in [5.41, 5.74) is 0.0556. The number of hydrogen-bond donors (Lipinski definition) is 1. The number of aromatic nitrogens is 2. The first-order valence-electron chi connectivity index (χ1n) is 2.50. The SMILES string of the molecule is CN=c1[nH]c(Cl)n[c-]c1F.[Y]. The van der Waals surface area contributed by atoms with Crippen LogP contribution in [-0.2, 0) is 32.7 Å². The fraction of sp³-hybridized carbons (Fsp3) is 0.200. The van der Waals surface area contributed by atoms with E-state index < -0.39 is 5.82 Å². The molecule has 0 bridgehead atoms. The predicted octanol–water partition coefficient (Wildman–Crippen LogP) is 0.530. The van der Waals surface area contributed by atoms with Gasteiger partial charge < -0.3 is 15.0 Å². The second-order valence-electron chi connectivity index (χ2n) is 1.53. The summed E-state index contributed by atoms with van der Waals surface area (Å²) in [4.78, 5) is 9.29. The van der Waals surface area contributed by atoms with Crippen molar-refractivity contribution in [2.75, 3.05) is 7.05 Å². The van der Waals surface area contributed by atoms with Crippen LogP contribution in [0.4, 0.5) is 4.39 Å². The topological polar surface area (TPSA) is 41.0 Å². The number of hydrogen-bond acceptors (Lipinski definition) is 2. The predicted molar refractivity (Wildman–Crippen MR) is 33.9 cm³/mol. The Balaban J connectivity index is 0.000001000. The number of nitrogens with zero attached hydrogens (tertiary/aromatic N) is 2. The standard InChI is InChI=1S/C5H4ClFN3.Y/c1-8-4-3(7)2-9-5(6)10-4;/h1H3,(H,8,9,10);/q-1;. The van der Waals surface area contributed by atoms with E-state index in [1.807, 2.05) is 6.20 Å². The Bertz CT molecular complexity index is 298. The minimum Gasteiger partial charge on any atom is -0.419 e. The first kappa shape index (κ1) is 11.2. The maximum absolute atomic E-state index is 12.5. The van der Waals surface area contributed by atoms with E-state index in [4.69, 9.17) is 11.6 Å². The average Bonchev–Trinajstić information content (AvgIpc) is 1.94. The average molecular weight is 249 g/mol. The van der Waals surface area contributed by atoms with Crippen LogP contribution in [0.1, 0.15) is 0 Å². The summed E-state index contributed by atoms with van der Waals surface area (Å²) in [5.74, 6) is -0.632. The fourth-order valence-corrected chi connectivity index (χ4v) is 0.617. The quantitative estimate of drug-likeness (QED) is 0.529. The van der Waals surface area contributed by atoms with Gasteiger partial charge in [-0.2, -0.15) is 0 Å². The number of aromatic amines is 1. The molecule has 1 N–H and O–H groups in total. The van der Waals surface area contributed by atoms with Gasteiger partial charge in [0.2, 0.25) is 0 Å². The van der Waals surface area contributed by atoms with Gasteiger partial charge in [0, 0.05) is 39.8 Å². The Hall–Kier alpha value is 0.204. The van der Waals surface area contributed by atoms with Crippen LogP contribution in [0.25, 0.3) is 0 Å². The van der Waals surface area contributed by atoms with E-state index >= 15 is 0 Å². The Morgan fingerprint density at radius 1 is 1.73 bits per heavy atom. The fourth-order valence-electron chi connectivity index (χ4n) is 0.486. The number of rotatable bonds is 0. The van der Waals surface area contributed by atoms with Crippen LogP contribution in [0.15, 0.2) is 4.99 Å². The van der Waals surface area contributed by atoms with E-state index in [0.29, 0.717) is 0 Å². The molecule has 0 atom stereocenters. The van der Waals surface area contributed by atoms with Crippen molar-refractivity contribution in [1.29, 1.82) is 0 Å². The minimum absolute atomic E-state index is 0. The van der Waals surface area contributed by atoms with E-state index in [2.05, 4.69) is 15.0 Å². The first-order valence-corrected chi connectivity index (χ1v) is 2.87. The number of H-pyrrole nitrogens is 1. The van der Waals surface area contributed by atoms with Crippen LogP contribution in [0.2, 0.25) is 5.28 Å². The van der Waals surface area contributed by atoms with E-state index in [-0.39, 0.29) is 43.5 Å². The molecule has 0 saturated carbocycles. The van der Waals surface area contributed by atoms with Crippen LogP contribution in [0.5, 0.6) is 0 Å². The van der Waals surface area contributed by atoms with Crippen molar-refractivity contribution in [1.82, 2.24) is 9.97 Å². The molecule has 3 nitrogen and oxygen atoms in total. The van der Waals surface area contributed by atoms with Gasteiger partial charge in [-0.05, 0) is 6.20 Å². The number of halogens is 2. The third-order valence-corrected chi connectivity index (χ3v) is 1.08. The van der Waals surface area contributed by atoms with Gasteiger partial charge in [0.05, 0.1) is 16.6 Å². The molecular weight excluding hydrogens is 245 g/mol. The van der Waals surface area contributed by atoms with Crippen LogP contribution >= 0.6 is 11.6 Å². The Labute approximate surface area is 93.0 Å². The zero-order valence-electron chi connectivity index (χ0n) is 5.73. The summed E-state index contributed by atoms with van der Waals surface area (Å²) in [5, 5.41) is 0.0713. The Morgan fingerprint density at radius 3 is 2.82 bits per heavy atom. The molecule has 0 aromatic carbocycles. The zero-order chi connectivity index (χ0) is 7.56. The van der Waals surface area contributed by atoms with Crippen molar-refractivity contribution in [2.24, 2.45) is 4.99 Å². The molecule has 11 heavy (non-hydrogen) atoms. The van der Waals surface area contributed by atoms with Crippen molar-refractivity contribution in [3.8, 4) is 0 Å². The summed E-state index contributed by atoms with van der Waals surface area (Å²) in [7, 11) is 1.44. The molecule has 0 aliphatic heterocycles. The summed E-state index contributed by atoms with van der Waals surface area (Å²) in [6.45, 7) is 0. The van der Waals surface area contributed by atoms with Crippen LogP contribution in [-0.4, -0.2) is 17.0 Å². The van der Waals surface area contributed by atoms with Crippen LogP contribution in [0, 0.1) is 12.0 Å². The van der Waals surface area contributed by atoms with Gasteiger partial charge >= 0.3 is 0 Å². The minimum atomic E-state index is -0.632. The second-order valence-corrected chi connectivity index (χ2v) is 1.88. The van der Waals surface area contributed by atoms with E-state index in [9.17, 15) is 4.39 Å². The van der Waals surface area contributed by atoms with E-state index in [1.54, 1.807) is 0 Å². The van der Waals surface area contributed by atoms with Gasteiger partial charge in [-0.1, -0.05) is 0 Å². The maximum atomic E-state index is 12.5. The van der Waals surface area contributed by atoms with Crippen molar-refractivity contribution in [3.05, 3.63) is 22.8 Å².